The lowest BCUT2D eigenvalue weighted by molar-refractivity contribution is 0.0724. The molecule has 0 unspecified atom stereocenters. The van der Waals surface area contributed by atoms with Crippen LogP contribution in [0.1, 0.15) is 41.5 Å². The van der Waals surface area contributed by atoms with Gasteiger partial charge in [-0.15, -0.1) is 0 Å². The molecule has 2 aromatic heterocycles. The van der Waals surface area contributed by atoms with E-state index in [1.165, 1.54) is 19.3 Å². The minimum atomic E-state index is -0.132. The number of carbonyl (C=O) groups is 1. The molecule has 0 bridgehead atoms. The van der Waals surface area contributed by atoms with Crippen molar-refractivity contribution in [2.24, 2.45) is 0 Å². The Hall–Kier alpha value is -3.00. The molecule has 8 heteroatoms. The summed E-state index contributed by atoms with van der Waals surface area (Å²) in [6.45, 7) is 2.92. The highest BCUT2D eigenvalue weighted by molar-refractivity contribution is 5.97. The van der Waals surface area contributed by atoms with E-state index in [9.17, 15) is 4.79 Å². The Balaban J connectivity index is 1.47. The maximum Gasteiger partial charge on any atom is 0.291 e. The lowest BCUT2D eigenvalue weighted by atomic mass is 9.83. The van der Waals surface area contributed by atoms with Crippen LogP contribution in [0.4, 0.5) is 11.6 Å². The van der Waals surface area contributed by atoms with Crippen LogP contribution >= 0.6 is 0 Å². The first kappa shape index (κ1) is 17.1. The van der Waals surface area contributed by atoms with E-state index < -0.39 is 0 Å². The van der Waals surface area contributed by atoms with Crippen molar-refractivity contribution in [3.05, 3.63) is 41.9 Å². The molecular formula is C20H23N7O. The van der Waals surface area contributed by atoms with Crippen LogP contribution in [-0.2, 0) is 0 Å². The molecule has 1 aromatic carbocycles. The van der Waals surface area contributed by atoms with Crippen LogP contribution in [0, 0.1) is 0 Å². The predicted octanol–water partition coefficient (Wildman–Crippen LogP) is 2.41. The van der Waals surface area contributed by atoms with E-state index >= 15 is 0 Å². The third-order valence-electron chi connectivity index (χ3n) is 5.59. The summed E-state index contributed by atoms with van der Waals surface area (Å²) in [6.07, 6.45) is 3.70. The number of H-pyrrole nitrogens is 1. The van der Waals surface area contributed by atoms with Crippen LogP contribution in [0.3, 0.4) is 0 Å². The van der Waals surface area contributed by atoms with Gasteiger partial charge in [-0.1, -0.05) is 18.6 Å². The Labute approximate surface area is 162 Å². The summed E-state index contributed by atoms with van der Waals surface area (Å²) in [4.78, 5) is 23.8. The number of benzene rings is 1. The molecule has 3 heterocycles. The van der Waals surface area contributed by atoms with E-state index in [2.05, 4.69) is 30.8 Å². The number of hydrogen-bond acceptors (Lipinski definition) is 6. The zero-order chi connectivity index (χ0) is 18.9. The second-order valence-electron chi connectivity index (χ2n) is 7.42. The van der Waals surface area contributed by atoms with E-state index in [-0.39, 0.29) is 11.7 Å². The molecule has 3 N–H and O–H groups in total. The molecule has 2 aliphatic rings. The fourth-order valence-electron chi connectivity index (χ4n) is 3.73. The molecule has 2 fully saturated rings. The molecular weight excluding hydrogens is 354 g/mol. The topological polar surface area (TPSA) is 98.8 Å². The summed E-state index contributed by atoms with van der Waals surface area (Å²) in [5.74, 6) is 1.99. The first-order valence-corrected chi connectivity index (χ1v) is 9.87. The Kier molecular flexibility index (Phi) is 4.40. The molecule has 1 amide bonds. The van der Waals surface area contributed by atoms with Gasteiger partial charge in [-0.2, -0.15) is 5.10 Å². The number of hydrogen-bond donors (Lipinski definition) is 3. The smallest absolute Gasteiger partial charge is 0.291 e. The minimum absolute atomic E-state index is 0.132. The number of aromatic nitrogens is 4. The summed E-state index contributed by atoms with van der Waals surface area (Å²) in [5, 5.41) is 14.9. The largest absolute Gasteiger partial charge is 0.333 e. The fourth-order valence-corrected chi connectivity index (χ4v) is 3.73. The van der Waals surface area contributed by atoms with Crippen molar-refractivity contribution >= 4 is 28.4 Å². The first-order chi connectivity index (χ1) is 13.8. The van der Waals surface area contributed by atoms with Crippen LogP contribution in [0.5, 0.6) is 0 Å². The maximum absolute atomic E-state index is 12.9. The van der Waals surface area contributed by atoms with E-state index in [0.717, 1.165) is 29.7 Å². The number of para-hydroxylation sites is 1. The molecule has 1 aliphatic heterocycles. The molecule has 5 rings (SSSR count). The number of nitrogens with one attached hydrogen (secondary N) is 3. The Morgan fingerprint density at radius 2 is 1.96 bits per heavy atom. The highest BCUT2D eigenvalue weighted by Gasteiger charge is 2.23. The Morgan fingerprint density at radius 1 is 1.14 bits per heavy atom. The predicted molar refractivity (Wildman–Crippen MR) is 107 cm³/mol. The van der Waals surface area contributed by atoms with Crippen molar-refractivity contribution in [3.63, 3.8) is 0 Å². The highest BCUT2D eigenvalue weighted by atomic mass is 16.2. The lowest BCUT2D eigenvalue weighted by Gasteiger charge is -2.26. The Bertz CT molecular complexity index is 1000. The van der Waals surface area contributed by atoms with Crippen molar-refractivity contribution in [2.75, 3.05) is 31.5 Å². The third-order valence-corrected chi connectivity index (χ3v) is 5.59. The normalized spacial score (nSPS) is 17.5. The molecule has 1 saturated carbocycles. The number of amides is 1. The molecule has 28 heavy (non-hydrogen) atoms. The summed E-state index contributed by atoms with van der Waals surface area (Å²) in [7, 11) is 0. The highest BCUT2D eigenvalue weighted by Crippen LogP contribution is 2.36. The quantitative estimate of drug-likeness (QED) is 0.646. The second-order valence-corrected chi connectivity index (χ2v) is 7.42. The van der Waals surface area contributed by atoms with Gasteiger partial charge in [-0.05, 0) is 25.0 Å². The van der Waals surface area contributed by atoms with E-state index in [1.807, 2.05) is 30.3 Å². The van der Waals surface area contributed by atoms with Crippen LogP contribution in [0.2, 0.25) is 0 Å². The van der Waals surface area contributed by atoms with Crippen molar-refractivity contribution in [2.45, 2.75) is 25.2 Å². The van der Waals surface area contributed by atoms with E-state index in [1.54, 1.807) is 4.90 Å². The average Bonchev–Trinajstić information content (AvgIpc) is 3.14. The maximum atomic E-state index is 12.9. The monoisotopic (exact) mass is 377 g/mol. The van der Waals surface area contributed by atoms with E-state index in [4.69, 9.17) is 0 Å². The molecule has 3 aromatic rings. The standard InChI is InChI=1S/C20H23N7O/c28-20(27-10-8-21-9-11-27)19-22-15-7-2-1-6-14(15)18(24-19)23-17-12-16(25-26-17)13-4-3-5-13/h1-2,6-7,12-13,21H,3-5,8-11H2,(H2,22,23,24,25,26). The molecule has 0 radical (unpaired) electrons. The number of piperazine rings is 1. The Morgan fingerprint density at radius 3 is 2.75 bits per heavy atom. The van der Waals surface area contributed by atoms with Gasteiger partial charge in [0.15, 0.2) is 5.82 Å². The number of carbonyl (C=O) groups excluding carboxylic acids is 1. The van der Waals surface area contributed by atoms with Gasteiger partial charge in [-0.3, -0.25) is 9.89 Å². The molecule has 8 nitrogen and oxygen atoms in total. The van der Waals surface area contributed by atoms with Gasteiger partial charge in [-0.25, -0.2) is 9.97 Å². The summed E-state index contributed by atoms with van der Waals surface area (Å²) in [5.41, 5.74) is 1.90. The second kappa shape index (κ2) is 7.20. The van der Waals surface area contributed by atoms with Crippen LogP contribution < -0.4 is 10.6 Å². The number of rotatable bonds is 4. The molecule has 0 atom stereocenters. The summed E-state index contributed by atoms with van der Waals surface area (Å²) >= 11 is 0. The lowest BCUT2D eigenvalue weighted by Crippen LogP contribution is -2.46. The zero-order valence-electron chi connectivity index (χ0n) is 15.6. The van der Waals surface area contributed by atoms with Crippen LogP contribution in [0.25, 0.3) is 10.9 Å². The zero-order valence-corrected chi connectivity index (χ0v) is 15.6. The average molecular weight is 377 g/mol. The van der Waals surface area contributed by atoms with Gasteiger partial charge >= 0.3 is 0 Å². The van der Waals surface area contributed by atoms with Crippen LogP contribution in [0.15, 0.2) is 30.3 Å². The van der Waals surface area contributed by atoms with Crippen molar-refractivity contribution in [1.82, 2.24) is 30.4 Å². The molecule has 1 aliphatic carbocycles. The third kappa shape index (κ3) is 3.20. The number of nitrogens with zero attached hydrogens (tertiary/aromatic N) is 4. The van der Waals surface area contributed by atoms with Crippen molar-refractivity contribution < 1.29 is 4.79 Å². The SMILES string of the molecule is O=C(c1nc(Nc2cc(C3CCC3)[nH]n2)c2ccccc2n1)N1CCNCC1. The van der Waals surface area contributed by atoms with Crippen LogP contribution in [-0.4, -0.2) is 57.2 Å². The number of anilines is 2. The van der Waals surface area contributed by atoms with Crippen molar-refractivity contribution in [1.29, 1.82) is 0 Å². The van der Waals surface area contributed by atoms with Gasteiger partial charge in [0.1, 0.15) is 5.82 Å². The van der Waals surface area contributed by atoms with Gasteiger partial charge in [0.05, 0.1) is 5.52 Å². The van der Waals surface area contributed by atoms with Crippen molar-refractivity contribution in [3.8, 4) is 0 Å². The molecule has 144 valence electrons. The summed E-state index contributed by atoms with van der Waals surface area (Å²) < 4.78 is 0. The minimum Gasteiger partial charge on any atom is -0.333 e. The first-order valence-electron chi connectivity index (χ1n) is 9.87. The fraction of sp³-hybridized carbons (Fsp3) is 0.400. The summed E-state index contributed by atoms with van der Waals surface area (Å²) in [6, 6.07) is 9.76. The molecule has 1 saturated heterocycles. The van der Waals surface area contributed by atoms with Gasteiger partial charge in [0, 0.05) is 49.2 Å². The van der Waals surface area contributed by atoms with Gasteiger partial charge in [0.2, 0.25) is 5.82 Å². The molecule has 0 spiro atoms. The number of fused-ring (bicyclic) bond motifs is 1. The van der Waals surface area contributed by atoms with Gasteiger partial charge in [0.25, 0.3) is 5.91 Å². The van der Waals surface area contributed by atoms with Gasteiger partial charge < -0.3 is 15.5 Å². The van der Waals surface area contributed by atoms with E-state index in [0.29, 0.717) is 30.6 Å². The number of aromatic amines is 1.